The van der Waals surface area contributed by atoms with E-state index < -0.39 is 10.0 Å². The number of amides is 1. The van der Waals surface area contributed by atoms with Gasteiger partial charge in [-0.2, -0.15) is 0 Å². The predicted molar refractivity (Wildman–Crippen MR) is 128 cm³/mol. The van der Waals surface area contributed by atoms with Crippen LogP contribution in [0.25, 0.3) is 11.4 Å². The molecule has 0 radical (unpaired) electrons. The second kappa shape index (κ2) is 8.30. The Balaban J connectivity index is 1.32. The molecule has 3 aromatic rings. The van der Waals surface area contributed by atoms with Crippen molar-refractivity contribution in [3.8, 4) is 11.4 Å². The lowest BCUT2D eigenvalue weighted by Crippen LogP contribution is -2.34. The molecule has 0 saturated heterocycles. The van der Waals surface area contributed by atoms with Crippen LogP contribution < -0.4 is 9.62 Å². The Bertz CT molecular complexity index is 1310. The number of hydrogen-bond donors (Lipinski definition) is 1. The topological polar surface area (TPSA) is 97.2 Å². The second-order valence-electron chi connectivity index (χ2n) is 8.89. The Morgan fingerprint density at radius 2 is 1.85 bits per heavy atom. The zero-order valence-corrected chi connectivity index (χ0v) is 19.6. The normalized spacial score (nSPS) is 17.9. The highest BCUT2D eigenvalue weighted by atomic mass is 32.2. The molecule has 1 amide bonds. The number of nitrogens with zero attached hydrogens (tertiary/aromatic N) is 4. The van der Waals surface area contributed by atoms with Crippen LogP contribution in [-0.2, 0) is 29.4 Å². The summed E-state index contributed by atoms with van der Waals surface area (Å²) < 4.78 is 27.8. The van der Waals surface area contributed by atoms with Crippen molar-refractivity contribution in [3.05, 3.63) is 59.4 Å². The van der Waals surface area contributed by atoms with Gasteiger partial charge in [0.15, 0.2) is 5.82 Å². The Labute approximate surface area is 193 Å². The maximum absolute atomic E-state index is 12.8. The standard InChI is InChI=1S/C24H27N5O3S/c1-16-14-19-15-18(9-12-21(19)29(16)33(2,31)32)24(30)25-20-10-7-17(8-11-20)23-27-26-22-6-4-3-5-13-28(22)23/h7-12,15-16H,3-6,13-14H2,1-2H3,(H,25,30). The number of rotatable bonds is 4. The summed E-state index contributed by atoms with van der Waals surface area (Å²) in [7, 11) is -3.36. The molecule has 9 heteroatoms. The first-order chi connectivity index (χ1) is 15.8. The summed E-state index contributed by atoms with van der Waals surface area (Å²) in [6, 6.07) is 12.6. The Morgan fingerprint density at radius 3 is 2.61 bits per heavy atom. The first-order valence-corrected chi connectivity index (χ1v) is 13.1. The van der Waals surface area contributed by atoms with Gasteiger partial charge in [-0.15, -0.1) is 10.2 Å². The number of hydrogen-bond acceptors (Lipinski definition) is 5. The van der Waals surface area contributed by atoms with Gasteiger partial charge in [-0.25, -0.2) is 8.42 Å². The number of benzene rings is 2. The maximum atomic E-state index is 12.8. The van der Waals surface area contributed by atoms with Gasteiger partial charge in [0.2, 0.25) is 10.0 Å². The quantitative estimate of drug-likeness (QED) is 0.635. The average Bonchev–Trinajstić information content (AvgIpc) is 3.24. The van der Waals surface area contributed by atoms with E-state index in [2.05, 4.69) is 20.1 Å². The molecule has 0 bridgehead atoms. The Hall–Kier alpha value is -3.20. The molecule has 0 fully saturated rings. The lowest BCUT2D eigenvalue weighted by Gasteiger charge is -2.21. The summed E-state index contributed by atoms with van der Waals surface area (Å²) in [5.74, 6) is 1.68. The van der Waals surface area contributed by atoms with Gasteiger partial charge in [0, 0.05) is 35.8 Å². The number of nitrogens with one attached hydrogen (secondary N) is 1. The minimum Gasteiger partial charge on any atom is -0.322 e. The molecule has 2 aliphatic rings. The summed E-state index contributed by atoms with van der Waals surface area (Å²) in [5.41, 5.74) is 3.68. The van der Waals surface area contributed by atoms with E-state index in [1.807, 2.05) is 31.2 Å². The maximum Gasteiger partial charge on any atom is 0.255 e. The highest BCUT2D eigenvalue weighted by molar-refractivity contribution is 7.92. The van der Waals surface area contributed by atoms with E-state index in [1.54, 1.807) is 18.2 Å². The SMILES string of the molecule is CC1Cc2cc(C(=O)Nc3ccc(-c4nnc5n4CCCCC5)cc3)ccc2N1S(C)(=O)=O. The predicted octanol–water partition coefficient (Wildman–Crippen LogP) is 3.63. The molecular formula is C24H27N5O3S. The van der Waals surface area contributed by atoms with Gasteiger partial charge in [-0.05, 0) is 74.2 Å². The average molecular weight is 466 g/mol. The van der Waals surface area contributed by atoms with Crippen LogP contribution in [0.4, 0.5) is 11.4 Å². The lowest BCUT2D eigenvalue weighted by molar-refractivity contribution is 0.102. The number of aryl methyl sites for hydroxylation is 1. The lowest BCUT2D eigenvalue weighted by atomic mass is 10.1. The summed E-state index contributed by atoms with van der Waals surface area (Å²) >= 11 is 0. The largest absolute Gasteiger partial charge is 0.322 e. The van der Waals surface area contributed by atoms with E-state index in [0.29, 0.717) is 23.4 Å². The Kier molecular flexibility index (Phi) is 5.44. The zero-order valence-electron chi connectivity index (χ0n) is 18.8. The third-order valence-corrected chi connectivity index (χ3v) is 7.63. The van der Waals surface area contributed by atoms with Gasteiger partial charge in [0.1, 0.15) is 5.82 Å². The summed E-state index contributed by atoms with van der Waals surface area (Å²) in [6.07, 6.45) is 6.25. The van der Waals surface area contributed by atoms with Gasteiger partial charge in [0.25, 0.3) is 5.91 Å². The fourth-order valence-corrected chi connectivity index (χ4v) is 6.12. The van der Waals surface area contributed by atoms with E-state index in [9.17, 15) is 13.2 Å². The fourth-order valence-electron chi connectivity index (χ4n) is 4.85. The van der Waals surface area contributed by atoms with Gasteiger partial charge < -0.3 is 9.88 Å². The van der Waals surface area contributed by atoms with Crippen LogP contribution in [0.5, 0.6) is 0 Å². The third-order valence-electron chi connectivity index (χ3n) is 6.36. The molecular weight excluding hydrogens is 438 g/mol. The van der Waals surface area contributed by atoms with Crippen molar-refractivity contribution < 1.29 is 13.2 Å². The van der Waals surface area contributed by atoms with Crippen molar-refractivity contribution in [3.63, 3.8) is 0 Å². The van der Waals surface area contributed by atoms with Gasteiger partial charge in [0.05, 0.1) is 11.9 Å². The molecule has 5 rings (SSSR count). The second-order valence-corrected chi connectivity index (χ2v) is 10.7. The molecule has 33 heavy (non-hydrogen) atoms. The van der Waals surface area contributed by atoms with Crippen LogP contribution in [0.15, 0.2) is 42.5 Å². The first-order valence-electron chi connectivity index (χ1n) is 11.3. The van der Waals surface area contributed by atoms with Crippen LogP contribution in [0.3, 0.4) is 0 Å². The van der Waals surface area contributed by atoms with E-state index in [4.69, 9.17) is 0 Å². The van der Waals surface area contributed by atoms with Crippen LogP contribution >= 0.6 is 0 Å². The number of carbonyl (C=O) groups is 1. The fraction of sp³-hybridized carbons (Fsp3) is 0.375. The van der Waals surface area contributed by atoms with Crippen molar-refractivity contribution in [1.82, 2.24) is 14.8 Å². The highest BCUT2D eigenvalue weighted by Gasteiger charge is 2.32. The van der Waals surface area contributed by atoms with Gasteiger partial charge in [-0.3, -0.25) is 9.10 Å². The van der Waals surface area contributed by atoms with Crippen molar-refractivity contribution in [2.75, 3.05) is 15.9 Å². The van der Waals surface area contributed by atoms with Crippen molar-refractivity contribution in [1.29, 1.82) is 0 Å². The number of aromatic nitrogens is 3. The van der Waals surface area contributed by atoms with Crippen LogP contribution in [-0.4, -0.2) is 41.4 Å². The summed E-state index contributed by atoms with van der Waals surface area (Å²) in [5, 5.41) is 11.7. The number of anilines is 2. The molecule has 0 saturated carbocycles. The van der Waals surface area contributed by atoms with E-state index in [-0.39, 0.29) is 11.9 Å². The Morgan fingerprint density at radius 1 is 1.06 bits per heavy atom. The molecule has 3 heterocycles. The molecule has 0 aliphatic carbocycles. The monoisotopic (exact) mass is 465 g/mol. The number of sulfonamides is 1. The van der Waals surface area contributed by atoms with Crippen molar-refractivity contribution >= 4 is 27.3 Å². The molecule has 2 aliphatic heterocycles. The molecule has 2 aromatic carbocycles. The first kappa shape index (κ1) is 21.6. The number of fused-ring (bicyclic) bond motifs is 2. The molecule has 1 aromatic heterocycles. The van der Waals surface area contributed by atoms with Gasteiger partial charge >= 0.3 is 0 Å². The van der Waals surface area contributed by atoms with E-state index in [0.717, 1.165) is 48.6 Å². The van der Waals surface area contributed by atoms with E-state index >= 15 is 0 Å². The smallest absolute Gasteiger partial charge is 0.255 e. The van der Waals surface area contributed by atoms with Gasteiger partial charge in [-0.1, -0.05) is 6.42 Å². The van der Waals surface area contributed by atoms with E-state index in [1.165, 1.54) is 17.0 Å². The molecule has 1 atom stereocenters. The zero-order chi connectivity index (χ0) is 23.2. The molecule has 0 spiro atoms. The van der Waals surface area contributed by atoms with Crippen LogP contribution in [0, 0.1) is 0 Å². The molecule has 1 N–H and O–H groups in total. The molecule has 8 nitrogen and oxygen atoms in total. The van der Waals surface area contributed by atoms with Crippen molar-refractivity contribution in [2.45, 2.75) is 51.6 Å². The summed E-state index contributed by atoms with van der Waals surface area (Å²) in [6.45, 7) is 2.81. The highest BCUT2D eigenvalue weighted by Crippen LogP contribution is 2.35. The van der Waals surface area contributed by atoms with Crippen LogP contribution in [0.2, 0.25) is 0 Å². The van der Waals surface area contributed by atoms with Crippen molar-refractivity contribution in [2.24, 2.45) is 0 Å². The third kappa shape index (κ3) is 4.13. The molecule has 1 unspecified atom stereocenters. The molecule has 172 valence electrons. The van der Waals surface area contributed by atoms with Crippen LogP contribution in [0.1, 0.15) is 47.9 Å². The minimum absolute atomic E-state index is 0.159. The minimum atomic E-state index is -3.36. The number of carbonyl (C=O) groups excluding carboxylic acids is 1. The summed E-state index contributed by atoms with van der Waals surface area (Å²) in [4.78, 5) is 12.8.